The Morgan fingerprint density at radius 1 is 1.09 bits per heavy atom. The summed E-state index contributed by atoms with van der Waals surface area (Å²) >= 11 is 0. The largest absolute Gasteiger partial charge is 0.334 e. The van der Waals surface area contributed by atoms with Crippen molar-refractivity contribution in [2.24, 2.45) is 7.05 Å². The fourth-order valence-corrected chi connectivity index (χ4v) is 3.08. The molecule has 3 rings (SSSR count). The van der Waals surface area contributed by atoms with Crippen LogP contribution in [0.5, 0.6) is 0 Å². The van der Waals surface area contributed by atoms with E-state index in [-0.39, 0.29) is 0 Å². The van der Waals surface area contributed by atoms with Crippen molar-refractivity contribution in [3.05, 3.63) is 71.6 Å². The summed E-state index contributed by atoms with van der Waals surface area (Å²) in [5.74, 6) is 0. The Labute approximate surface area is 138 Å². The number of aryl methyl sites for hydroxylation is 4. The molecule has 0 saturated heterocycles. The van der Waals surface area contributed by atoms with Crippen LogP contribution in [0.2, 0.25) is 0 Å². The summed E-state index contributed by atoms with van der Waals surface area (Å²) in [6, 6.07) is 13.4. The second-order valence-electron chi connectivity index (χ2n) is 6.30. The monoisotopic (exact) mass is 304 g/mol. The first-order valence-electron chi connectivity index (χ1n) is 8.26. The maximum atomic E-state index is 4.45. The highest BCUT2D eigenvalue weighted by atomic mass is 15.0. The molecule has 0 aliphatic heterocycles. The second kappa shape index (κ2) is 6.41. The number of hydrogen-bond donors (Lipinski definition) is 0. The fraction of sp³-hybridized carbons (Fsp3) is 0.286. The quantitative estimate of drug-likeness (QED) is 0.652. The van der Waals surface area contributed by atoms with Crippen LogP contribution in [-0.4, -0.2) is 9.55 Å². The van der Waals surface area contributed by atoms with E-state index in [1.54, 1.807) is 0 Å². The molecule has 2 aromatic carbocycles. The zero-order valence-electron chi connectivity index (χ0n) is 14.3. The van der Waals surface area contributed by atoms with Crippen LogP contribution in [0.3, 0.4) is 0 Å². The first-order valence-corrected chi connectivity index (χ1v) is 8.26. The average Bonchev–Trinajstić information content (AvgIpc) is 2.93. The number of rotatable bonds is 5. The third kappa shape index (κ3) is 3.21. The van der Waals surface area contributed by atoms with Crippen LogP contribution in [0.15, 0.2) is 49.3 Å². The van der Waals surface area contributed by atoms with Crippen molar-refractivity contribution in [2.75, 3.05) is 0 Å². The van der Waals surface area contributed by atoms with Gasteiger partial charge in [-0.25, -0.2) is 4.98 Å². The molecule has 0 radical (unpaired) electrons. The smallest absolute Gasteiger partial charge is 0.0955 e. The second-order valence-corrected chi connectivity index (χ2v) is 6.30. The molecule has 0 aliphatic carbocycles. The molecule has 3 aromatic rings. The van der Waals surface area contributed by atoms with Crippen molar-refractivity contribution in [1.29, 1.82) is 0 Å². The predicted octanol–water partition coefficient (Wildman–Crippen LogP) is 4.95. The van der Waals surface area contributed by atoms with Crippen molar-refractivity contribution >= 4 is 16.6 Å². The van der Waals surface area contributed by atoms with Gasteiger partial charge in [0.2, 0.25) is 0 Å². The minimum absolute atomic E-state index is 1.03. The van der Waals surface area contributed by atoms with Crippen molar-refractivity contribution in [3.8, 4) is 0 Å². The number of fused-ring (bicyclic) bond motifs is 1. The number of imidazole rings is 1. The Hall–Kier alpha value is -2.35. The van der Waals surface area contributed by atoms with Gasteiger partial charge in [0.25, 0.3) is 0 Å². The molecule has 0 saturated carbocycles. The topological polar surface area (TPSA) is 17.8 Å². The summed E-state index contributed by atoms with van der Waals surface area (Å²) in [4.78, 5) is 4.45. The van der Waals surface area contributed by atoms with Gasteiger partial charge in [-0.2, -0.15) is 0 Å². The van der Waals surface area contributed by atoms with Crippen molar-refractivity contribution in [1.82, 2.24) is 9.55 Å². The van der Waals surface area contributed by atoms with Gasteiger partial charge in [-0.05, 0) is 60.6 Å². The lowest BCUT2D eigenvalue weighted by Crippen LogP contribution is -1.97. The lowest BCUT2D eigenvalue weighted by molar-refractivity contribution is 0.944. The number of allylic oxidation sites excluding steroid dienone is 1. The molecule has 118 valence electrons. The summed E-state index contributed by atoms with van der Waals surface area (Å²) in [5.41, 5.74) is 8.81. The predicted molar refractivity (Wildman–Crippen MR) is 98.7 cm³/mol. The number of benzene rings is 2. The van der Waals surface area contributed by atoms with E-state index in [2.05, 4.69) is 66.4 Å². The highest BCUT2D eigenvalue weighted by Gasteiger charge is 2.06. The number of nitrogens with zero attached hydrogens (tertiary/aromatic N) is 2. The lowest BCUT2D eigenvalue weighted by atomic mass is 9.94. The van der Waals surface area contributed by atoms with Gasteiger partial charge in [0.15, 0.2) is 0 Å². The molecule has 1 aromatic heterocycles. The van der Waals surface area contributed by atoms with Gasteiger partial charge in [-0.1, -0.05) is 43.3 Å². The zero-order chi connectivity index (χ0) is 16.4. The van der Waals surface area contributed by atoms with E-state index in [1.807, 2.05) is 13.4 Å². The molecule has 2 heteroatoms. The Balaban J connectivity index is 1.82. The van der Waals surface area contributed by atoms with Crippen LogP contribution in [0.25, 0.3) is 16.6 Å². The van der Waals surface area contributed by atoms with Crippen LogP contribution in [0.1, 0.15) is 36.1 Å². The van der Waals surface area contributed by atoms with E-state index in [1.165, 1.54) is 27.8 Å². The SMILES string of the molecule is C=C(C)c1cc(CC)ccc1CCc1ccc2c(c1)ncn2C. The van der Waals surface area contributed by atoms with Crippen LogP contribution in [0, 0.1) is 0 Å². The van der Waals surface area contributed by atoms with E-state index in [0.717, 1.165) is 30.4 Å². The van der Waals surface area contributed by atoms with E-state index in [9.17, 15) is 0 Å². The first kappa shape index (κ1) is 15.5. The maximum Gasteiger partial charge on any atom is 0.0955 e. The van der Waals surface area contributed by atoms with Crippen molar-refractivity contribution < 1.29 is 0 Å². The third-order valence-corrected chi connectivity index (χ3v) is 4.52. The minimum atomic E-state index is 1.03. The Kier molecular flexibility index (Phi) is 4.33. The zero-order valence-corrected chi connectivity index (χ0v) is 14.3. The number of aromatic nitrogens is 2. The molecule has 1 heterocycles. The van der Waals surface area contributed by atoms with E-state index < -0.39 is 0 Å². The number of hydrogen-bond acceptors (Lipinski definition) is 1. The summed E-state index contributed by atoms with van der Waals surface area (Å²) in [6.45, 7) is 8.44. The van der Waals surface area contributed by atoms with Crippen LogP contribution >= 0.6 is 0 Å². The molecule has 23 heavy (non-hydrogen) atoms. The standard InChI is InChI=1S/C21H24N2/c1-5-16-6-9-18(19(12-16)15(2)3)10-7-17-8-11-21-20(13-17)22-14-23(21)4/h6,8-9,11-14H,2,5,7,10H2,1,3-4H3. The molecule has 0 spiro atoms. The molecular formula is C21H24N2. The van der Waals surface area contributed by atoms with Gasteiger partial charge in [0.05, 0.1) is 17.4 Å². The average molecular weight is 304 g/mol. The Bertz CT molecular complexity index is 855. The molecule has 0 unspecified atom stereocenters. The van der Waals surface area contributed by atoms with Gasteiger partial charge in [-0.3, -0.25) is 0 Å². The van der Waals surface area contributed by atoms with Crippen molar-refractivity contribution in [2.45, 2.75) is 33.1 Å². The summed E-state index contributed by atoms with van der Waals surface area (Å²) < 4.78 is 2.06. The van der Waals surface area contributed by atoms with Gasteiger partial charge in [0.1, 0.15) is 0 Å². The minimum Gasteiger partial charge on any atom is -0.334 e. The highest BCUT2D eigenvalue weighted by molar-refractivity contribution is 5.76. The Morgan fingerprint density at radius 2 is 1.87 bits per heavy atom. The summed E-state index contributed by atoms with van der Waals surface area (Å²) in [6.07, 6.45) is 5.00. The highest BCUT2D eigenvalue weighted by Crippen LogP contribution is 2.22. The first-order chi connectivity index (χ1) is 11.1. The molecule has 0 aliphatic rings. The van der Waals surface area contributed by atoms with Gasteiger partial charge in [-0.15, -0.1) is 0 Å². The third-order valence-electron chi connectivity index (χ3n) is 4.52. The fourth-order valence-electron chi connectivity index (χ4n) is 3.08. The van der Waals surface area contributed by atoms with E-state index in [4.69, 9.17) is 0 Å². The molecule has 0 N–H and O–H groups in total. The van der Waals surface area contributed by atoms with Crippen LogP contribution in [0.4, 0.5) is 0 Å². The molecule has 0 atom stereocenters. The molecular weight excluding hydrogens is 280 g/mol. The molecule has 0 bridgehead atoms. The summed E-state index contributed by atoms with van der Waals surface area (Å²) in [5, 5.41) is 0. The summed E-state index contributed by atoms with van der Waals surface area (Å²) in [7, 11) is 2.03. The van der Waals surface area contributed by atoms with Gasteiger partial charge >= 0.3 is 0 Å². The van der Waals surface area contributed by atoms with E-state index >= 15 is 0 Å². The van der Waals surface area contributed by atoms with E-state index in [0.29, 0.717) is 0 Å². The molecule has 0 fully saturated rings. The normalized spacial score (nSPS) is 11.1. The Morgan fingerprint density at radius 3 is 2.61 bits per heavy atom. The van der Waals surface area contributed by atoms with Gasteiger partial charge < -0.3 is 4.57 Å². The van der Waals surface area contributed by atoms with Crippen LogP contribution in [-0.2, 0) is 26.3 Å². The molecule has 2 nitrogen and oxygen atoms in total. The molecule has 0 amide bonds. The van der Waals surface area contributed by atoms with Crippen LogP contribution < -0.4 is 0 Å². The maximum absolute atomic E-state index is 4.45. The van der Waals surface area contributed by atoms with Gasteiger partial charge in [0, 0.05) is 7.05 Å². The lowest BCUT2D eigenvalue weighted by Gasteiger charge is -2.11. The van der Waals surface area contributed by atoms with Crippen molar-refractivity contribution in [3.63, 3.8) is 0 Å².